The van der Waals surface area contributed by atoms with Gasteiger partial charge in [-0.25, -0.2) is 4.98 Å². The first-order chi connectivity index (χ1) is 9.24. The zero-order valence-corrected chi connectivity index (χ0v) is 11.0. The predicted molar refractivity (Wildman–Crippen MR) is 75.1 cm³/mol. The van der Waals surface area contributed by atoms with Gasteiger partial charge in [-0.1, -0.05) is 0 Å². The average molecular weight is 275 g/mol. The Kier molecular flexibility index (Phi) is 3.04. The third-order valence-corrected chi connectivity index (χ3v) is 3.72. The van der Waals surface area contributed by atoms with Gasteiger partial charge in [0.15, 0.2) is 0 Å². The van der Waals surface area contributed by atoms with Crippen LogP contribution in [-0.2, 0) is 13.1 Å². The van der Waals surface area contributed by atoms with Crippen molar-refractivity contribution < 1.29 is 0 Å². The van der Waals surface area contributed by atoms with Gasteiger partial charge in [-0.2, -0.15) is 5.10 Å². The fraction of sp³-hybridized carbons (Fsp3) is 0.250. The molecule has 0 aliphatic heterocycles. The number of thiophene rings is 1. The molecular formula is C12H13N5OS. The van der Waals surface area contributed by atoms with Crippen molar-refractivity contribution in [2.45, 2.75) is 19.5 Å². The lowest BCUT2D eigenvalue weighted by Gasteiger charge is -2.05. The van der Waals surface area contributed by atoms with Gasteiger partial charge < -0.3 is 5.73 Å². The van der Waals surface area contributed by atoms with E-state index in [-0.39, 0.29) is 5.56 Å². The molecule has 3 aromatic heterocycles. The number of fused-ring (bicyclic) bond motifs is 1. The second kappa shape index (κ2) is 4.85. The molecule has 98 valence electrons. The number of aryl methyl sites for hydroxylation is 2. The molecule has 2 N–H and O–H groups in total. The molecule has 3 rings (SSSR count). The third kappa shape index (κ3) is 2.37. The first kappa shape index (κ1) is 11.9. The van der Waals surface area contributed by atoms with Gasteiger partial charge in [-0.05, 0) is 23.9 Å². The van der Waals surface area contributed by atoms with Crippen LogP contribution < -0.4 is 11.3 Å². The summed E-state index contributed by atoms with van der Waals surface area (Å²) in [5.41, 5.74) is 5.56. The Balaban J connectivity index is 1.71. The first-order valence-corrected chi connectivity index (χ1v) is 6.83. The lowest BCUT2D eigenvalue weighted by atomic mass is 10.4. The van der Waals surface area contributed by atoms with E-state index in [0.29, 0.717) is 17.7 Å². The Morgan fingerprint density at radius 1 is 1.32 bits per heavy atom. The molecule has 0 atom stereocenters. The van der Waals surface area contributed by atoms with Crippen molar-refractivity contribution in [1.29, 1.82) is 0 Å². The van der Waals surface area contributed by atoms with E-state index in [4.69, 9.17) is 5.73 Å². The van der Waals surface area contributed by atoms with E-state index >= 15 is 0 Å². The summed E-state index contributed by atoms with van der Waals surface area (Å²) in [6.45, 7) is 1.35. The highest BCUT2D eigenvalue weighted by atomic mass is 32.1. The summed E-state index contributed by atoms with van der Waals surface area (Å²) >= 11 is 1.48. The second-order valence-electron chi connectivity index (χ2n) is 4.24. The number of aromatic nitrogens is 4. The summed E-state index contributed by atoms with van der Waals surface area (Å²) in [5.74, 6) is 0.513. The smallest absolute Gasteiger partial charge is 0.262 e. The molecule has 6 nitrogen and oxygen atoms in total. The molecule has 0 aromatic carbocycles. The van der Waals surface area contributed by atoms with Crippen LogP contribution in [0.15, 0.2) is 34.8 Å². The molecule has 19 heavy (non-hydrogen) atoms. The third-order valence-electron chi connectivity index (χ3n) is 2.90. The molecule has 0 bridgehead atoms. The minimum Gasteiger partial charge on any atom is -0.382 e. The maximum absolute atomic E-state index is 12.1. The molecule has 0 aliphatic carbocycles. The quantitative estimate of drug-likeness (QED) is 0.779. The van der Waals surface area contributed by atoms with Gasteiger partial charge in [-0.15, -0.1) is 11.3 Å². The Bertz CT molecular complexity index is 757. The van der Waals surface area contributed by atoms with Crippen LogP contribution in [0.5, 0.6) is 0 Å². The molecule has 0 unspecified atom stereocenters. The van der Waals surface area contributed by atoms with Crippen molar-refractivity contribution in [2.75, 3.05) is 5.73 Å². The van der Waals surface area contributed by atoms with E-state index in [9.17, 15) is 4.79 Å². The van der Waals surface area contributed by atoms with E-state index in [1.54, 1.807) is 21.6 Å². The van der Waals surface area contributed by atoms with Crippen molar-refractivity contribution >= 4 is 27.4 Å². The number of anilines is 1. The van der Waals surface area contributed by atoms with Crippen LogP contribution >= 0.6 is 11.3 Å². The summed E-state index contributed by atoms with van der Waals surface area (Å²) in [6, 6.07) is 3.57. The molecule has 3 heterocycles. The molecule has 0 radical (unpaired) electrons. The zero-order valence-electron chi connectivity index (χ0n) is 10.2. The maximum Gasteiger partial charge on any atom is 0.262 e. The Labute approximate surface area is 113 Å². The highest BCUT2D eigenvalue weighted by molar-refractivity contribution is 7.16. The molecule has 7 heteroatoms. The minimum absolute atomic E-state index is 0.0197. The normalized spacial score (nSPS) is 11.2. The van der Waals surface area contributed by atoms with Crippen molar-refractivity contribution in [2.24, 2.45) is 0 Å². The van der Waals surface area contributed by atoms with Crippen molar-refractivity contribution in [3.8, 4) is 0 Å². The monoisotopic (exact) mass is 275 g/mol. The van der Waals surface area contributed by atoms with Crippen molar-refractivity contribution in [1.82, 2.24) is 19.3 Å². The van der Waals surface area contributed by atoms with Crippen LogP contribution in [-0.4, -0.2) is 19.3 Å². The van der Waals surface area contributed by atoms with Gasteiger partial charge in [0.1, 0.15) is 10.6 Å². The van der Waals surface area contributed by atoms with E-state index in [2.05, 4.69) is 10.1 Å². The van der Waals surface area contributed by atoms with Crippen LogP contribution in [0.1, 0.15) is 6.42 Å². The topological polar surface area (TPSA) is 78.7 Å². The molecule has 0 aliphatic rings. The van der Waals surface area contributed by atoms with Gasteiger partial charge in [0.25, 0.3) is 5.56 Å². The fourth-order valence-electron chi connectivity index (χ4n) is 1.96. The molecular weight excluding hydrogens is 262 g/mol. The highest BCUT2D eigenvalue weighted by Gasteiger charge is 2.04. The maximum atomic E-state index is 12.1. The van der Waals surface area contributed by atoms with Gasteiger partial charge in [0.05, 0.1) is 11.7 Å². The summed E-state index contributed by atoms with van der Waals surface area (Å²) in [6.07, 6.45) is 4.25. The Hall–Kier alpha value is -2.15. The van der Waals surface area contributed by atoms with E-state index in [0.717, 1.165) is 17.8 Å². The highest BCUT2D eigenvalue weighted by Crippen LogP contribution is 2.13. The van der Waals surface area contributed by atoms with Crippen molar-refractivity contribution in [3.63, 3.8) is 0 Å². The SMILES string of the molecule is Nc1ccn(CCCn2cnc3sccc3c2=O)n1. The second-order valence-corrected chi connectivity index (χ2v) is 5.13. The van der Waals surface area contributed by atoms with E-state index < -0.39 is 0 Å². The lowest BCUT2D eigenvalue weighted by Crippen LogP contribution is -2.20. The van der Waals surface area contributed by atoms with Crippen molar-refractivity contribution in [3.05, 3.63) is 40.4 Å². The summed E-state index contributed by atoms with van der Waals surface area (Å²) in [4.78, 5) is 17.2. The number of nitrogen functional groups attached to an aromatic ring is 1. The average Bonchev–Trinajstić information content (AvgIpc) is 3.01. The number of nitrogens with two attached hydrogens (primary N) is 1. The van der Waals surface area contributed by atoms with Gasteiger partial charge in [0.2, 0.25) is 0 Å². The predicted octanol–water partition coefficient (Wildman–Crippen LogP) is 1.33. The minimum atomic E-state index is 0.0197. The number of hydrogen-bond acceptors (Lipinski definition) is 5. The van der Waals surface area contributed by atoms with E-state index in [1.165, 1.54) is 11.3 Å². The number of hydrogen-bond donors (Lipinski definition) is 1. The fourth-order valence-corrected chi connectivity index (χ4v) is 2.68. The van der Waals surface area contributed by atoms with Crippen LogP contribution in [0.25, 0.3) is 10.2 Å². The van der Waals surface area contributed by atoms with Crippen LogP contribution in [0.3, 0.4) is 0 Å². The first-order valence-electron chi connectivity index (χ1n) is 5.95. The summed E-state index contributed by atoms with van der Waals surface area (Å²) < 4.78 is 3.42. The van der Waals surface area contributed by atoms with Gasteiger partial charge in [-0.3, -0.25) is 14.0 Å². The summed E-state index contributed by atoms with van der Waals surface area (Å²) in [7, 11) is 0. The number of rotatable bonds is 4. The molecule has 0 amide bonds. The van der Waals surface area contributed by atoms with E-state index in [1.807, 2.05) is 17.6 Å². The molecule has 0 saturated heterocycles. The molecule has 0 spiro atoms. The molecule has 3 aromatic rings. The van der Waals surface area contributed by atoms with Crippen LogP contribution in [0, 0.1) is 0 Å². The molecule has 0 fully saturated rings. The van der Waals surface area contributed by atoms with Gasteiger partial charge in [0, 0.05) is 19.3 Å². The lowest BCUT2D eigenvalue weighted by molar-refractivity contribution is 0.519. The number of nitrogens with zero attached hydrogens (tertiary/aromatic N) is 4. The Morgan fingerprint density at radius 3 is 3.00 bits per heavy atom. The molecule has 0 saturated carbocycles. The zero-order chi connectivity index (χ0) is 13.2. The van der Waals surface area contributed by atoms with Gasteiger partial charge >= 0.3 is 0 Å². The summed E-state index contributed by atoms with van der Waals surface area (Å²) in [5, 5.41) is 6.67. The van der Waals surface area contributed by atoms with Crippen LogP contribution in [0.4, 0.5) is 5.82 Å². The largest absolute Gasteiger partial charge is 0.382 e. The standard InChI is InChI=1S/C12H13N5OS/c13-10-2-6-17(15-10)5-1-4-16-8-14-11-9(12(16)18)3-7-19-11/h2-3,6-8H,1,4-5H2,(H2,13,15). The Morgan fingerprint density at radius 2 is 2.21 bits per heavy atom. The van der Waals surface area contributed by atoms with Crippen LogP contribution in [0.2, 0.25) is 0 Å².